The van der Waals surface area contributed by atoms with Crippen molar-refractivity contribution in [2.45, 2.75) is 0 Å². The van der Waals surface area contributed by atoms with Gasteiger partial charge in [-0.3, -0.25) is 10.1 Å². The van der Waals surface area contributed by atoms with Crippen molar-refractivity contribution in [1.29, 1.82) is 0 Å². The van der Waals surface area contributed by atoms with Crippen LogP contribution in [0.1, 0.15) is 0 Å². The normalized spacial score (nSPS) is 8.00. The fourth-order valence-corrected chi connectivity index (χ4v) is 0.892. The van der Waals surface area contributed by atoms with Gasteiger partial charge in [-0.05, 0) is 0 Å². The zero-order valence-electron chi connectivity index (χ0n) is 8.48. The van der Waals surface area contributed by atoms with Gasteiger partial charge in [-0.25, -0.2) is 0 Å². The molecule has 2 rings (SSSR count). The van der Waals surface area contributed by atoms with E-state index in [1.165, 1.54) is 12.1 Å². The Morgan fingerprint density at radius 3 is 1.69 bits per heavy atom. The molecule has 0 spiro atoms. The van der Waals surface area contributed by atoms with E-state index in [4.69, 9.17) is 0 Å². The first-order chi connectivity index (χ1) is 7.30. The van der Waals surface area contributed by atoms with Gasteiger partial charge in [0.15, 0.2) is 0 Å². The Bertz CT molecular complexity index is 366. The Morgan fingerprint density at radius 1 is 0.938 bits per heavy atom. The third-order valence-corrected chi connectivity index (χ3v) is 1.57. The smallest absolute Gasteiger partial charge is 0.258 e. The van der Waals surface area contributed by atoms with Crippen LogP contribution in [0.5, 0.6) is 0 Å². The molecular weight excluding hydrogens is 241 g/mol. The van der Waals surface area contributed by atoms with E-state index in [0.29, 0.717) is 0 Å². The van der Waals surface area contributed by atoms with Gasteiger partial charge in [0.25, 0.3) is 5.69 Å². The van der Waals surface area contributed by atoms with Crippen LogP contribution < -0.4 is 0 Å². The van der Waals surface area contributed by atoms with Crippen LogP contribution in [0.15, 0.2) is 60.7 Å². The summed E-state index contributed by atoms with van der Waals surface area (Å²) in [6.45, 7) is 0. The molecule has 0 saturated heterocycles. The summed E-state index contributed by atoms with van der Waals surface area (Å²) >= 11 is 0. The average Bonchev–Trinajstić information content (AvgIpc) is 2.33. The van der Waals surface area contributed by atoms with Crippen molar-refractivity contribution >= 4 is 5.69 Å². The summed E-state index contributed by atoms with van der Waals surface area (Å²) in [7, 11) is 0. The van der Waals surface area contributed by atoms with Crippen molar-refractivity contribution in [3.8, 4) is 0 Å². The Morgan fingerprint density at radius 2 is 1.44 bits per heavy atom. The van der Waals surface area contributed by atoms with Crippen molar-refractivity contribution < 1.29 is 23.5 Å². The van der Waals surface area contributed by atoms with Crippen LogP contribution >= 0.6 is 0 Å². The first-order valence-electron chi connectivity index (χ1n) is 4.41. The van der Waals surface area contributed by atoms with Crippen LogP contribution in [0.3, 0.4) is 0 Å². The number of benzene rings is 2. The van der Waals surface area contributed by atoms with Gasteiger partial charge < -0.3 is 0 Å². The number of hydrogen-bond donors (Lipinski definition) is 0. The van der Waals surface area contributed by atoms with E-state index >= 15 is 0 Å². The summed E-state index contributed by atoms with van der Waals surface area (Å²) in [6.07, 6.45) is 0. The molecule has 0 heterocycles. The number of nitrogens with zero attached hydrogens (tertiary/aromatic N) is 1. The minimum atomic E-state index is -0.417. The first kappa shape index (κ1) is 14.4. The van der Waals surface area contributed by atoms with E-state index in [9.17, 15) is 10.1 Å². The van der Waals surface area contributed by atoms with E-state index < -0.39 is 4.92 Å². The Hall–Kier alpha value is -1.58. The van der Waals surface area contributed by atoms with Crippen LogP contribution in [-0.2, 0) is 18.6 Å². The van der Waals surface area contributed by atoms with Gasteiger partial charge >= 0.3 is 0 Å². The van der Waals surface area contributed by atoms with Crippen molar-refractivity contribution in [1.82, 2.24) is 0 Å². The minimum absolute atomic E-state index is 0. The molecule has 0 saturated carbocycles. The maximum atomic E-state index is 10.0. The van der Waals surface area contributed by atoms with Gasteiger partial charge in [-0.15, -0.1) is 0 Å². The van der Waals surface area contributed by atoms with Gasteiger partial charge in [0.05, 0.1) is 4.92 Å². The molecule has 0 bridgehead atoms. The van der Waals surface area contributed by atoms with Crippen LogP contribution in [0, 0.1) is 16.2 Å². The van der Waals surface area contributed by atoms with Gasteiger partial charge in [0.1, 0.15) is 0 Å². The summed E-state index contributed by atoms with van der Waals surface area (Å²) in [5, 5.41) is 10.0. The molecule has 0 amide bonds. The van der Waals surface area contributed by atoms with Gasteiger partial charge in [0.2, 0.25) is 0 Å². The second-order valence-corrected chi connectivity index (χ2v) is 2.67. The number of rotatable bonds is 1. The third kappa shape index (κ3) is 6.01. The summed E-state index contributed by atoms with van der Waals surface area (Å²) in [5.74, 6) is 0. The zero-order chi connectivity index (χ0) is 10.9. The number of nitro groups is 1. The number of hydrogen-bond acceptors (Lipinski definition) is 2. The monoisotopic (exact) mass is 251 g/mol. The van der Waals surface area contributed by atoms with Crippen LogP contribution in [0.2, 0.25) is 0 Å². The molecule has 0 fully saturated rings. The fraction of sp³-hybridized carbons (Fsp3) is 0. The Balaban J connectivity index is 0.000000283. The summed E-state index contributed by atoms with van der Waals surface area (Å²) in [4.78, 5) is 9.59. The summed E-state index contributed by atoms with van der Waals surface area (Å²) in [6, 6.07) is 20.4. The summed E-state index contributed by atoms with van der Waals surface area (Å²) in [5.41, 5.74) is 0.137. The third-order valence-electron chi connectivity index (χ3n) is 1.57. The maximum absolute atomic E-state index is 10.0. The predicted molar refractivity (Wildman–Crippen MR) is 58.4 cm³/mol. The van der Waals surface area contributed by atoms with Gasteiger partial charge in [-0.2, -0.15) is 36.4 Å². The predicted octanol–water partition coefficient (Wildman–Crippen LogP) is 3.08. The van der Waals surface area contributed by atoms with E-state index in [0.717, 1.165) is 0 Å². The average molecular weight is 251 g/mol. The molecule has 1 radical (unpaired) electrons. The molecule has 3 nitrogen and oxygen atoms in total. The second kappa shape index (κ2) is 8.71. The quantitative estimate of drug-likeness (QED) is 0.444. The molecule has 0 aliphatic heterocycles. The molecule has 2 aromatic rings. The van der Waals surface area contributed by atoms with E-state index in [-0.39, 0.29) is 24.2 Å². The molecule has 2 aromatic carbocycles. The van der Waals surface area contributed by atoms with E-state index in [1.54, 1.807) is 18.2 Å². The molecule has 0 unspecified atom stereocenters. The molecule has 0 aliphatic carbocycles. The summed E-state index contributed by atoms with van der Waals surface area (Å²) < 4.78 is 0. The standard InChI is InChI=1S/C6H5NO2.C6H5.V/c8-7(9)6-4-2-1-3-5-6;1-2-4-6-5-3-1;/h1-5H;1-5H;/q;-1;. The topological polar surface area (TPSA) is 43.1 Å². The Kier molecular flexibility index (Phi) is 7.85. The molecule has 0 atom stereocenters. The largest absolute Gasteiger partial charge is 0.269 e. The van der Waals surface area contributed by atoms with Crippen molar-refractivity contribution in [2.24, 2.45) is 0 Å². The maximum Gasteiger partial charge on any atom is 0.269 e. The molecule has 0 N–H and O–H groups in total. The van der Waals surface area contributed by atoms with Crippen LogP contribution in [0.4, 0.5) is 5.69 Å². The fourth-order valence-electron chi connectivity index (χ4n) is 0.892. The molecular formula is C12H10NO2V-. The van der Waals surface area contributed by atoms with Crippen molar-refractivity contribution in [2.75, 3.05) is 0 Å². The number of para-hydroxylation sites is 1. The molecule has 81 valence electrons. The Labute approximate surface area is 106 Å². The molecule has 4 heteroatoms. The molecule has 0 aromatic heterocycles. The van der Waals surface area contributed by atoms with Crippen LogP contribution in [0.25, 0.3) is 0 Å². The van der Waals surface area contributed by atoms with E-state index in [2.05, 4.69) is 6.07 Å². The first-order valence-corrected chi connectivity index (χ1v) is 4.41. The number of nitro benzene ring substituents is 1. The van der Waals surface area contributed by atoms with Crippen molar-refractivity contribution in [3.05, 3.63) is 76.8 Å². The van der Waals surface area contributed by atoms with E-state index in [1.807, 2.05) is 30.3 Å². The van der Waals surface area contributed by atoms with Crippen LogP contribution in [-0.4, -0.2) is 4.92 Å². The number of non-ortho nitro benzene ring substituents is 1. The second-order valence-electron chi connectivity index (χ2n) is 2.67. The van der Waals surface area contributed by atoms with Crippen molar-refractivity contribution in [3.63, 3.8) is 0 Å². The van der Waals surface area contributed by atoms with Gasteiger partial charge in [0, 0.05) is 30.7 Å². The molecule has 16 heavy (non-hydrogen) atoms. The molecule has 0 aliphatic rings. The zero-order valence-corrected chi connectivity index (χ0v) is 9.88. The minimum Gasteiger partial charge on any atom is -0.258 e. The SMILES string of the molecule is O=[N+]([O-])c1ccccc1.[V].[c-]1ccccc1. The van der Waals surface area contributed by atoms with Gasteiger partial charge in [-0.1, -0.05) is 18.2 Å².